The van der Waals surface area contributed by atoms with E-state index in [-0.39, 0.29) is 6.67 Å². The van der Waals surface area contributed by atoms with Gasteiger partial charge in [0.05, 0.1) is 6.67 Å². The Balaban J connectivity index is 1.76. The summed E-state index contributed by atoms with van der Waals surface area (Å²) < 4.78 is 12.4. The van der Waals surface area contributed by atoms with Gasteiger partial charge in [-0.3, -0.25) is 4.39 Å². The first-order valence-corrected chi connectivity index (χ1v) is 5.91. The standard InChI is InChI=1S/C11H21FN2/c12-9-10-3-7-14(8-4-10)11-1-5-13-6-2-11/h10-11,13H,1-9H2. The van der Waals surface area contributed by atoms with Gasteiger partial charge in [0.2, 0.25) is 0 Å². The second-order valence-corrected chi connectivity index (χ2v) is 4.61. The van der Waals surface area contributed by atoms with Gasteiger partial charge in [-0.1, -0.05) is 0 Å². The maximum Gasteiger partial charge on any atom is 0.0923 e. The van der Waals surface area contributed by atoms with E-state index < -0.39 is 0 Å². The number of nitrogens with zero attached hydrogens (tertiary/aromatic N) is 1. The summed E-state index contributed by atoms with van der Waals surface area (Å²) in [5, 5.41) is 3.39. The summed E-state index contributed by atoms with van der Waals surface area (Å²) in [6.45, 7) is 4.46. The summed E-state index contributed by atoms with van der Waals surface area (Å²) in [6.07, 6.45) is 4.70. The summed E-state index contributed by atoms with van der Waals surface area (Å²) in [6, 6.07) is 0.775. The summed E-state index contributed by atoms with van der Waals surface area (Å²) in [5.74, 6) is 0.355. The fourth-order valence-corrected chi connectivity index (χ4v) is 2.64. The lowest BCUT2D eigenvalue weighted by Crippen LogP contribution is -2.46. The molecule has 2 rings (SSSR count). The highest BCUT2D eigenvalue weighted by atomic mass is 19.1. The van der Waals surface area contributed by atoms with Gasteiger partial charge < -0.3 is 10.2 Å². The van der Waals surface area contributed by atoms with Crippen LogP contribution in [-0.2, 0) is 0 Å². The zero-order valence-corrected chi connectivity index (χ0v) is 8.84. The molecule has 0 unspecified atom stereocenters. The first-order valence-electron chi connectivity index (χ1n) is 5.91. The lowest BCUT2D eigenvalue weighted by molar-refractivity contribution is 0.102. The summed E-state index contributed by atoms with van der Waals surface area (Å²) in [7, 11) is 0. The van der Waals surface area contributed by atoms with Gasteiger partial charge in [0, 0.05) is 6.04 Å². The molecule has 0 amide bonds. The van der Waals surface area contributed by atoms with Gasteiger partial charge in [-0.05, 0) is 57.8 Å². The van der Waals surface area contributed by atoms with Crippen molar-refractivity contribution in [3.63, 3.8) is 0 Å². The molecule has 2 heterocycles. The van der Waals surface area contributed by atoms with Crippen molar-refractivity contribution in [1.82, 2.24) is 10.2 Å². The van der Waals surface area contributed by atoms with Crippen LogP contribution in [0.25, 0.3) is 0 Å². The molecular formula is C11H21FN2. The molecule has 2 saturated heterocycles. The Labute approximate surface area is 85.9 Å². The van der Waals surface area contributed by atoms with Crippen LogP contribution in [0.3, 0.4) is 0 Å². The summed E-state index contributed by atoms with van der Waals surface area (Å²) >= 11 is 0. The third-order valence-electron chi connectivity index (χ3n) is 3.69. The Morgan fingerprint density at radius 1 is 1.07 bits per heavy atom. The Morgan fingerprint density at radius 2 is 1.71 bits per heavy atom. The van der Waals surface area contributed by atoms with Gasteiger partial charge in [0.25, 0.3) is 0 Å². The normalized spacial score (nSPS) is 28.1. The molecule has 2 fully saturated rings. The minimum atomic E-state index is -0.111. The van der Waals surface area contributed by atoms with E-state index in [1.165, 1.54) is 12.8 Å². The summed E-state index contributed by atoms with van der Waals surface area (Å²) in [5.41, 5.74) is 0. The van der Waals surface area contributed by atoms with E-state index in [0.717, 1.165) is 45.1 Å². The molecule has 0 aromatic rings. The van der Waals surface area contributed by atoms with Crippen molar-refractivity contribution in [2.45, 2.75) is 31.7 Å². The van der Waals surface area contributed by atoms with Gasteiger partial charge in [-0.15, -0.1) is 0 Å². The maximum atomic E-state index is 12.4. The minimum Gasteiger partial charge on any atom is -0.317 e. The Morgan fingerprint density at radius 3 is 2.29 bits per heavy atom. The fourth-order valence-electron chi connectivity index (χ4n) is 2.64. The molecule has 0 atom stereocenters. The van der Waals surface area contributed by atoms with E-state index in [4.69, 9.17) is 0 Å². The molecule has 0 aliphatic carbocycles. The number of halogens is 1. The molecule has 1 N–H and O–H groups in total. The maximum absolute atomic E-state index is 12.4. The number of nitrogens with one attached hydrogen (secondary N) is 1. The minimum absolute atomic E-state index is 0.111. The van der Waals surface area contributed by atoms with Crippen molar-refractivity contribution in [3.8, 4) is 0 Å². The lowest BCUT2D eigenvalue weighted by atomic mass is 9.95. The average Bonchev–Trinajstić information content (AvgIpc) is 2.30. The molecular weight excluding hydrogens is 179 g/mol. The van der Waals surface area contributed by atoms with Gasteiger partial charge >= 0.3 is 0 Å². The molecule has 0 aromatic carbocycles. The van der Waals surface area contributed by atoms with Crippen molar-refractivity contribution in [1.29, 1.82) is 0 Å². The highest BCUT2D eigenvalue weighted by Crippen LogP contribution is 2.22. The topological polar surface area (TPSA) is 15.3 Å². The van der Waals surface area contributed by atoms with Gasteiger partial charge in [-0.2, -0.15) is 0 Å². The van der Waals surface area contributed by atoms with Crippen LogP contribution in [-0.4, -0.2) is 43.8 Å². The fraction of sp³-hybridized carbons (Fsp3) is 1.00. The smallest absolute Gasteiger partial charge is 0.0923 e. The zero-order valence-electron chi connectivity index (χ0n) is 8.84. The van der Waals surface area contributed by atoms with Gasteiger partial charge in [0.1, 0.15) is 0 Å². The summed E-state index contributed by atoms with van der Waals surface area (Å²) in [4.78, 5) is 2.58. The molecule has 2 aliphatic heterocycles. The molecule has 0 aromatic heterocycles. The molecule has 14 heavy (non-hydrogen) atoms. The van der Waals surface area contributed by atoms with E-state index in [1.807, 2.05) is 0 Å². The van der Waals surface area contributed by atoms with Crippen LogP contribution >= 0.6 is 0 Å². The molecule has 0 radical (unpaired) electrons. The first-order chi connectivity index (χ1) is 6.90. The molecule has 2 nitrogen and oxygen atoms in total. The highest BCUT2D eigenvalue weighted by Gasteiger charge is 2.25. The third-order valence-corrected chi connectivity index (χ3v) is 3.69. The SMILES string of the molecule is FCC1CCN(C2CCNCC2)CC1. The van der Waals surface area contributed by atoms with Crippen molar-refractivity contribution in [2.75, 3.05) is 32.9 Å². The van der Waals surface area contributed by atoms with Crippen molar-refractivity contribution >= 4 is 0 Å². The lowest BCUT2D eigenvalue weighted by Gasteiger charge is -2.38. The van der Waals surface area contributed by atoms with Gasteiger partial charge in [0.15, 0.2) is 0 Å². The van der Waals surface area contributed by atoms with E-state index >= 15 is 0 Å². The van der Waals surface area contributed by atoms with Crippen molar-refractivity contribution in [2.24, 2.45) is 5.92 Å². The van der Waals surface area contributed by atoms with E-state index in [0.29, 0.717) is 5.92 Å². The van der Waals surface area contributed by atoms with Crippen LogP contribution in [0.4, 0.5) is 4.39 Å². The zero-order chi connectivity index (χ0) is 9.80. The van der Waals surface area contributed by atoms with Gasteiger partial charge in [-0.25, -0.2) is 0 Å². The highest BCUT2D eigenvalue weighted by molar-refractivity contribution is 4.81. The number of hydrogen-bond acceptors (Lipinski definition) is 2. The third kappa shape index (κ3) is 2.45. The van der Waals surface area contributed by atoms with E-state index in [1.54, 1.807) is 0 Å². The van der Waals surface area contributed by atoms with Crippen LogP contribution < -0.4 is 5.32 Å². The predicted molar refractivity (Wildman–Crippen MR) is 56.2 cm³/mol. The molecule has 2 aliphatic rings. The van der Waals surface area contributed by atoms with Crippen LogP contribution in [0.15, 0.2) is 0 Å². The number of alkyl halides is 1. The molecule has 0 bridgehead atoms. The predicted octanol–water partition coefficient (Wildman–Crippen LogP) is 1.42. The largest absolute Gasteiger partial charge is 0.317 e. The molecule has 0 saturated carbocycles. The number of piperidine rings is 2. The molecule has 3 heteroatoms. The average molecular weight is 200 g/mol. The second kappa shape index (κ2) is 5.08. The monoisotopic (exact) mass is 200 g/mol. The molecule has 82 valence electrons. The molecule has 0 spiro atoms. The number of hydrogen-bond donors (Lipinski definition) is 1. The van der Waals surface area contributed by atoms with Crippen LogP contribution in [0.2, 0.25) is 0 Å². The van der Waals surface area contributed by atoms with Crippen LogP contribution in [0.1, 0.15) is 25.7 Å². The Kier molecular flexibility index (Phi) is 3.76. The van der Waals surface area contributed by atoms with Crippen LogP contribution in [0.5, 0.6) is 0 Å². The second-order valence-electron chi connectivity index (χ2n) is 4.61. The Bertz CT molecular complexity index is 161. The van der Waals surface area contributed by atoms with Crippen LogP contribution in [0, 0.1) is 5.92 Å². The van der Waals surface area contributed by atoms with Crippen molar-refractivity contribution in [3.05, 3.63) is 0 Å². The van der Waals surface area contributed by atoms with E-state index in [9.17, 15) is 4.39 Å². The number of likely N-dealkylation sites (tertiary alicyclic amines) is 1. The Hall–Kier alpha value is -0.150. The quantitative estimate of drug-likeness (QED) is 0.725. The van der Waals surface area contributed by atoms with Crippen molar-refractivity contribution < 1.29 is 4.39 Å². The first kappa shape index (κ1) is 10.4. The van der Waals surface area contributed by atoms with E-state index in [2.05, 4.69) is 10.2 Å². The number of rotatable bonds is 2.